The summed E-state index contributed by atoms with van der Waals surface area (Å²) in [6.45, 7) is 2.00. The van der Waals surface area contributed by atoms with Crippen LogP contribution in [0, 0.1) is 6.92 Å². The number of benzene rings is 2. The van der Waals surface area contributed by atoms with Gasteiger partial charge in [0.15, 0.2) is 5.78 Å². The maximum Gasteiger partial charge on any atom is 0.416 e. The van der Waals surface area contributed by atoms with E-state index in [4.69, 9.17) is 0 Å². The summed E-state index contributed by atoms with van der Waals surface area (Å²) < 4.78 is 38.2. The monoisotopic (exact) mass is 387 g/mol. The van der Waals surface area contributed by atoms with Crippen LogP contribution in [0.25, 0.3) is 5.70 Å². The molecule has 1 aliphatic carbocycles. The first-order chi connectivity index (χ1) is 13.3. The Morgan fingerprint density at radius 1 is 0.929 bits per heavy atom. The zero-order chi connectivity index (χ0) is 20.1. The molecule has 2 nitrogen and oxygen atoms in total. The summed E-state index contributed by atoms with van der Waals surface area (Å²) in [6, 6.07) is 12.5. The lowest BCUT2D eigenvalue weighted by Gasteiger charge is -2.25. The van der Waals surface area contributed by atoms with Crippen molar-refractivity contribution in [2.24, 2.45) is 0 Å². The summed E-state index contributed by atoms with van der Waals surface area (Å²) >= 11 is 0. The van der Waals surface area contributed by atoms with E-state index in [1.54, 1.807) is 0 Å². The van der Waals surface area contributed by atoms with Crippen LogP contribution in [0.15, 0.2) is 54.6 Å². The number of hydrogen-bond donors (Lipinski definition) is 1. The van der Waals surface area contributed by atoms with Gasteiger partial charge in [-0.1, -0.05) is 61.2 Å². The van der Waals surface area contributed by atoms with Crippen molar-refractivity contribution in [1.29, 1.82) is 0 Å². The highest BCUT2D eigenvalue weighted by atomic mass is 19.4. The van der Waals surface area contributed by atoms with E-state index < -0.39 is 11.7 Å². The maximum absolute atomic E-state index is 12.7. The van der Waals surface area contributed by atoms with Gasteiger partial charge < -0.3 is 5.32 Å². The van der Waals surface area contributed by atoms with Crippen LogP contribution >= 0.6 is 0 Å². The molecule has 2 aromatic rings. The van der Waals surface area contributed by atoms with Crippen molar-refractivity contribution >= 4 is 11.5 Å². The molecule has 2 aromatic carbocycles. The topological polar surface area (TPSA) is 29.1 Å². The van der Waals surface area contributed by atoms with Crippen molar-refractivity contribution in [3.8, 4) is 0 Å². The standard InChI is InChI=1S/C23H24F3NO/c1-16-7-9-17(10-8-16)21(27-20-5-3-2-4-6-20)15-22(28)18-11-13-19(14-12-18)23(24,25)26/h7-15,20,27H,2-6H2,1H3/b21-15-. The highest BCUT2D eigenvalue weighted by Gasteiger charge is 2.30. The van der Waals surface area contributed by atoms with Crippen LogP contribution in [-0.2, 0) is 6.18 Å². The molecule has 0 radical (unpaired) electrons. The first kappa shape index (κ1) is 20.2. The minimum atomic E-state index is -4.41. The van der Waals surface area contributed by atoms with Crippen molar-refractivity contribution in [3.05, 3.63) is 76.9 Å². The van der Waals surface area contributed by atoms with Crippen LogP contribution in [0.3, 0.4) is 0 Å². The second-order valence-electron chi connectivity index (χ2n) is 7.34. The minimum Gasteiger partial charge on any atom is -0.382 e. The van der Waals surface area contributed by atoms with E-state index in [2.05, 4.69) is 5.32 Å². The fourth-order valence-electron chi connectivity index (χ4n) is 3.45. The van der Waals surface area contributed by atoms with Gasteiger partial charge in [0.1, 0.15) is 0 Å². The molecule has 5 heteroatoms. The number of nitrogens with one attached hydrogen (secondary N) is 1. The van der Waals surface area contributed by atoms with Crippen LogP contribution in [0.2, 0.25) is 0 Å². The molecule has 1 saturated carbocycles. The predicted octanol–water partition coefficient (Wildman–Crippen LogP) is 6.16. The second-order valence-corrected chi connectivity index (χ2v) is 7.34. The Labute approximate surface area is 163 Å². The van der Waals surface area contributed by atoms with Crippen molar-refractivity contribution in [2.45, 2.75) is 51.2 Å². The summed E-state index contributed by atoms with van der Waals surface area (Å²) in [5.74, 6) is -0.312. The molecule has 3 rings (SSSR count). The van der Waals surface area contributed by atoms with Crippen LogP contribution in [0.1, 0.15) is 59.2 Å². The first-order valence-electron chi connectivity index (χ1n) is 9.60. The molecule has 0 amide bonds. The fourth-order valence-corrected chi connectivity index (χ4v) is 3.45. The minimum absolute atomic E-state index is 0.239. The highest BCUT2D eigenvalue weighted by Crippen LogP contribution is 2.29. The lowest BCUT2D eigenvalue weighted by Crippen LogP contribution is -2.30. The Bertz CT molecular complexity index is 830. The van der Waals surface area contributed by atoms with Crippen LogP contribution in [0.5, 0.6) is 0 Å². The quantitative estimate of drug-likeness (QED) is 0.492. The third-order valence-electron chi connectivity index (χ3n) is 5.10. The van der Waals surface area contributed by atoms with Gasteiger partial charge in [-0.3, -0.25) is 4.79 Å². The van der Waals surface area contributed by atoms with Crippen molar-refractivity contribution in [1.82, 2.24) is 5.32 Å². The smallest absolute Gasteiger partial charge is 0.382 e. The van der Waals surface area contributed by atoms with Gasteiger partial charge in [-0.05, 0) is 37.5 Å². The molecule has 0 aliphatic heterocycles. The van der Waals surface area contributed by atoms with Crippen molar-refractivity contribution in [2.75, 3.05) is 0 Å². The number of allylic oxidation sites excluding steroid dienone is 1. The Morgan fingerprint density at radius 2 is 1.50 bits per heavy atom. The molecule has 0 aromatic heterocycles. The van der Waals surface area contributed by atoms with E-state index in [0.717, 1.165) is 54.6 Å². The van der Waals surface area contributed by atoms with Gasteiger partial charge in [0, 0.05) is 23.4 Å². The summed E-state index contributed by atoms with van der Waals surface area (Å²) in [4.78, 5) is 12.7. The molecule has 0 spiro atoms. The zero-order valence-corrected chi connectivity index (χ0v) is 15.9. The molecule has 0 bridgehead atoms. The lowest BCUT2D eigenvalue weighted by molar-refractivity contribution is -0.137. The van der Waals surface area contributed by atoms with Gasteiger partial charge in [-0.2, -0.15) is 13.2 Å². The van der Waals surface area contributed by atoms with E-state index in [1.165, 1.54) is 24.6 Å². The average Bonchev–Trinajstić information content (AvgIpc) is 2.68. The fraction of sp³-hybridized carbons (Fsp3) is 0.348. The number of alkyl halides is 3. The number of ketones is 1. The third kappa shape index (κ3) is 5.24. The van der Waals surface area contributed by atoms with E-state index in [0.29, 0.717) is 6.04 Å². The molecule has 1 N–H and O–H groups in total. The zero-order valence-electron chi connectivity index (χ0n) is 15.9. The Balaban J connectivity index is 1.86. The summed E-state index contributed by atoms with van der Waals surface area (Å²) in [7, 11) is 0. The molecule has 1 aliphatic rings. The number of carbonyl (C=O) groups excluding carboxylic acids is 1. The second kappa shape index (κ2) is 8.63. The van der Waals surface area contributed by atoms with Crippen LogP contribution in [0.4, 0.5) is 13.2 Å². The number of halogens is 3. The van der Waals surface area contributed by atoms with Gasteiger partial charge in [0.05, 0.1) is 5.56 Å². The first-order valence-corrected chi connectivity index (χ1v) is 9.60. The number of rotatable bonds is 5. The Hall–Kier alpha value is -2.56. The molecule has 0 saturated heterocycles. The van der Waals surface area contributed by atoms with Gasteiger partial charge in [-0.25, -0.2) is 0 Å². The molecule has 28 heavy (non-hydrogen) atoms. The maximum atomic E-state index is 12.7. The normalized spacial score (nSPS) is 16.1. The molecular formula is C23H24F3NO. The molecule has 0 atom stereocenters. The van der Waals surface area contributed by atoms with Crippen molar-refractivity contribution in [3.63, 3.8) is 0 Å². The summed E-state index contributed by atoms with van der Waals surface area (Å²) in [6.07, 6.45) is 2.74. The van der Waals surface area contributed by atoms with E-state index in [1.807, 2.05) is 31.2 Å². The Kier molecular flexibility index (Phi) is 6.22. The van der Waals surface area contributed by atoms with Gasteiger partial charge in [-0.15, -0.1) is 0 Å². The molecule has 148 valence electrons. The van der Waals surface area contributed by atoms with Crippen LogP contribution < -0.4 is 5.32 Å². The van der Waals surface area contributed by atoms with E-state index in [-0.39, 0.29) is 11.3 Å². The summed E-state index contributed by atoms with van der Waals surface area (Å²) in [5, 5.41) is 3.49. The number of aryl methyl sites for hydroxylation is 1. The van der Waals surface area contributed by atoms with E-state index >= 15 is 0 Å². The molecule has 0 unspecified atom stereocenters. The molecule has 1 fully saturated rings. The third-order valence-corrected chi connectivity index (χ3v) is 5.10. The molecule has 0 heterocycles. The van der Waals surface area contributed by atoms with Crippen LogP contribution in [-0.4, -0.2) is 11.8 Å². The van der Waals surface area contributed by atoms with Gasteiger partial charge in [0.25, 0.3) is 0 Å². The largest absolute Gasteiger partial charge is 0.416 e. The molecular weight excluding hydrogens is 363 g/mol. The SMILES string of the molecule is Cc1ccc(/C(=C/C(=O)c2ccc(C(F)(F)F)cc2)NC2CCCCC2)cc1. The Morgan fingerprint density at radius 3 is 2.07 bits per heavy atom. The highest BCUT2D eigenvalue weighted by molar-refractivity contribution is 6.08. The number of carbonyl (C=O) groups is 1. The van der Waals surface area contributed by atoms with Gasteiger partial charge >= 0.3 is 6.18 Å². The van der Waals surface area contributed by atoms with Crippen molar-refractivity contribution < 1.29 is 18.0 Å². The average molecular weight is 387 g/mol. The van der Waals surface area contributed by atoms with Gasteiger partial charge in [0.2, 0.25) is 0 Å². The predicted molar refractivity (Wildman–Crippen MR) is 105 cm³/mol. The number of hydrogen-bond acceptors (Lipinski definition) is 2. The summed E-state index contributed by atoms with van der Waals surface area (Å²) in [5.41, 5.74) is 2.22. The lowest BCUT2D eigenvalue weighted by atomic mass is 9.94. The van der Waals surface area contributed by atoms with E-state index in [9.17, 15) is 18.0 Å².